The predicted octanol–water partition coefficient (Wildman–Crippen LogP) is 7.42. The van der Waals surface area contributed by atoms with Gasteiger partial charge in [0.2, 0.25) is 0 Å². The van der Waals surface area contributed by atoms with Crippen LogP contribution in [0.25, 0.3) is 0 Å². The molecule has 0 N–H and O–H groups in total. The fraction of sp³-hybridized carbons (Fsp3) is 0.0952. The molecular weight excluding hydrogens is 408 g/mol. The van der Waals surface area contributed by atoms with Crippen LogP contribution >= 0.6 is 34.8 Å². The topological polar surface area (TPSA) is 21.6 Å². The van der Waals surface area contributed by atoms with Gasteiger partial charge in [-0.1, -0.05) is 53.0 Å². The first-order valence-corrected chi connectivity index (χ1v) is 9.22. The average molecular weight is 423 g/mol. The lowest BCUT2D eigenvalue weighted by molar-refractivity contribution is 0.306. The molecule has 27 heavy (non-hydrogen) atoms. The number of halogens is 4. The van der Waals surface area contributed by atoms with E-state index in [1.165, 1.54) is 12.1 Å². The third kappa shape index (κ3) is 5.23. The van der Waals surface area contributed by atoms with E-state index < -0.39 is 0 Å². The molecule has 3 aromatic rings. The van der Waals surface area contributed by atoms with Crippen LogP contribution in [-0.4, -0.2) is 6.21 Å². The van der Waals surface area contributed by atoms with Crippen LogP contribution in [0.3, 0.4) is 0 Å². The highest BCUT2D eigenvalue weighted by Crippen LogP contribution is 2.34. The fourth-order valence-electron chi connectivity index (χ4n) is 2.44. The molecule has 0 bridgehead atoms. The highest BCUT2D eigenvalue weighted by molar-refractivity contribution is 6.37. The molecule has 0 amide bonds. The Balaban J connectivity index is 1.78. The molecule has 0 saturated heterocycles. The van der Waals surface area contributed by atoms with Crippen LogP contribution in [0.15, 0.2) is 59.6 Å². The fourth-order valence-corrected chi connectivity index (χ4v) is 3.22. The standard InChI is InChI=1S/C21H15Cl3FNO/c1-13-5-6-16(22)10-20(13)26-11-15-8-18(23)21(19(24)9-15)27-12-14-3-2-4-17(25)7-14/h2-11H,12H2,1H3. The molecule has 0 aliphatic rings. The molecule has 0 fully saturated rings. The van der Waals surface area contributed by atoms with E-state index in [0.29, 0.717) is 26.4 Å². The molecule has 0 saturated carbocycles. The van der Waals surface area contributed by atoms with Gasteiger partial charge in [0.05, 0.1) is 15.7 Å². The molecule has 0 aromatic heterocycles. The Bertz CT molecular complexity index is 981. The number of aryl methyl sites for hydroxylation is 1. The van der Waals surface area contributed by atoms with Crippen LogP contribution in [0, 0.1) is 12.7 Å². The lowest BCUT2D eigenvalue weighted by Crippen LogP contribution is -1.98. The Hall–Kier alpha value is -2.07. The quantitative estimate of drug-likeness (QED) is 0.392. The maximum atomic E-state index is 13.3. The first-order valence-electron chi connectivity index (χ1n) is 8.09. The molecule has 0 heterocycles. The van der Waals surface area contributed by atoms with Crippen molar-refractivity contribution in [2.45, 2.75) is 13.5 Å². The van der Waals surface area contributed by atoms with E-state index in [1.807, 2.05) is 19.1 Å². The highest BCUT2D eigenvalue weighted by Gasteiger charge is 2.10. The van der Waals surface area contributed by atoms with Gasteiger partial charge in [-0.05, 0) is 60.0 Å². The van der Waals surface area contributed by atoms with E-state index in [2.05, 4.69) is 4.99 Å². The van der Waals surface area contributed by atoms with Gasteiger partial charge in [-0.25, -0.2) is 4.39 Å². The summed E-state index contributed by atoms with van der Waals surface area (Å²) >= 11 is 18.6. The van der Waals surface area contributed by atoms with Crippen molar-refractivity contribution >= 4 is 46.7 Å². The second-order valence-corrected chi connectivity index (χ2v) is 7.17. The van der Waals surface area contributed by atoms with Crippen molar-refractivity contribution in [2.24, 2.45) is 4.99 Å². The van der Waals surface area contributed by atoms with Crippen LogP contribution in [0.5, 0.6) is 5.75 Å². The lowest BCUT2D eigenvalue weighted by Gasteiger charge is -2.11. The Kier molecular flexibility index (Phi) is 6.38. The van der Waals surface area contributed by atoms with Crippen molar-refractivity contribution in [1.29, 1.82) is 0 Å². The molecule has 2 nitrogen and oxygen atoms in total. The normalized spacial score (nSPS) is 11.1. The Morgan fingerprint density at radius 3 is 2.44 bits per heavy atom. The summed E-state index contributed by atoms with van der Waals surface area (Å²) in [6, 6.07) is 15.1. The van der Waals surface area contributed by atoms with E-state index in [1.54, 1.807) is 36.5 Å². The third-order valence-electron chi connectivity index (χ3n) is 3.82. The van der Waals surface area contributed by atoms with E-state index in [4.69, 9.17) is 39.5 Å². The van der Waals surface area contributed by atoms with Gasteiger partial charge >= 0.3 is 0 Å². The Morgan fingerprint density at radius 1 is 1.00 bits per heavy atom. The van der Waals surface area contributed by atoms with Gasteiger partial charge in [0.1, 0.15) is 12.4 Å². The van der Waals surface area contributed by atoms with Gasteiger partial charge in [-0.2, -0.15) is 0 Å². The minimum Gasteiger partial charge on any atom is -0.486 e. The van der Waals surface area contributed by atoms with Crippen LogP contribution < -0.4 is 4.74 Å². The van der Waals surface area contributed by atoms with Crippen LogP contribution in [0.1, 0.15) is 16.7 Å². The largest absolute Gasteiger partial charge is 0.486 e. The number of rotatable bonds is 5. The summed E-state index contributed by atoms with van der Waals surface area (Å²) in [4.78, 5) is 4.44. The van der Waals surface area contributed by atoms with Crippen molar-refractivity contribution < 1.29 is 9.13 Å². The molecule has 0 aliphatic heterocycles. The zero-order valence-corrected chi connectivity index (χ0v) is 16.6. The van der Waals surface area contributed by atoms with Crippen molar-refractivity contribution in [3.63, 3.8) is 0 Å². The number of benzene rings is 3. The monoisotopic (exact) mass is 421 g/mol. The van der Waals surface area contributed by atoms with E-state index in [-0.39, 0.29) is 12.4 Å². The maximum absolute atomic E-state index is 13.3. The summed E-state index contributed by atoms with van der Waals surface area (Å²) in [5.74, 6) is 0.0230. The number of ether oxygens (including phenoxy) is 1. The summed E-state index contributed by atoms with van der Waals surface area (Å²) in [6.45, 7) is 2.11. The molecule has 0 spiro atoms. The zero-order valence-electron chi connectivity index (χ0n) is 14.3. The minimum absolute atomic E-state index is 0.159. The Morgan fingerprint density at radius 2 is 1.74 bits per heavy atom. The summed E-state index contributed by atoms with van der Waals surface area (Å²) in [5, 5.41) is 1.32. The molecule has 3 rings (SSSR count). The summed E-state index contributed by atoms with van der Waals surface area (Å²) < 4.78 is 18.9. The van der Waals surface area contributed by atoms with Gasteiger partial charge in [0.25, 0.3) is 0 Å². The van der Waals surface area contributed by atoms with Crippen molar-refractivity contribution in [3.8, 4) is 5.75 Å². The van der Waals surface area contributed by atoms with E-state index in [9.17, 15) is 4.39 Å². The van der Waals surface area contributed by atoms with Crippen LogP contribution in [0.2, 0.25) is 15.1 Å². The minimum atomic E-state index is -0.323. The molecule has 3 aromatic carbocycles. The number of hydrogen-bond donors (Lipinski definition) is 0. The first kappa shape index (κ1) is 19.7. The van der Waals surface area contributed by atoms with Gasteiger partial charge in [-0.3, -0.25) is 4.99 Å². The van der Waals surface area contributed by atoms with Gasteiger partial charge in [0, 0.05) is 11.2 Å². The van der Waals surface area contributed by atoms with Crippen molar-refractivity contribution in [1.82, 2.24) is 0 Å². The van der Waals surface area contributed by atoms with Gasteiger partial charge < -0.3 is 4.74 Å². The summed E-state index contributed by atoms with van der Waals surface area (Å²) in [7, 11) is 0. The van der Waals surface area contributed by atoms with Gasteiger partial charge in [-0.15, -0.1) is 0 Å². The van der Waals surface area contributed by atoms with E-state index in [0.717, 1.165) is 16.8 Å². The van der Waals surface area contributed by atoms with Crippen molar-refractivity contribution in [2.75, 3.05) is 0 Å². The first-order chi connectivity index (χ1) is 12.9. The summed E-state index contributed by atoms with van der Waals surface area (Å²) in [5.41, 5.74) is 3.18. The second kappa shape index (κ2) is 8.75. The summed E-state index contributed by atoms with van der Waals surface area (Å²) in [6.07, 6.45) is 1.66. The molecule has 6 heteroatoms. The Labute approximate surface area is 172 Å². The third-order valence-corrected chi connectivity index (χ3v) is 4.61. The maximum Gasteiger partial charge on any atom is 0.157 e. The van der Waals surface area contributed by atoms with Crippen molar-refractivity contribution in [3.05, 3.63) is 92.2 Å². The predicted molar refractivity (Wildman–Crippen MR) is 111 cm³/mol. The second-order valence-electron chi connectivity index (χ2n) is 5.92. The smallest absolute Gasteiger partial charge is 0.157 e. The highest BCUT2D eigenvalue weighted by atomic mass is 35.5. The number of nitrogens with zero attached hydrogens (tertiary/aromatic N) is 1. The molecule has 0 aliphatic carbocycles. The molecular formula is C21H15Cl3FNO. The average Bonchev–Trinajstić information content (AvgIpc) is 2.62. The van der Waals surface area contributed by atoms with Gasteiger partial charge in [0.15, 0.2) is 5.75 Å². The molecule has 0 unspecified atom stereocenters. The molecule has 138 valence electrons. The van der Waals surface area contributed by atoms with Crippen LogP contribution in [-0.2, 0) is 6.61 Å². The number of hydrogen-bond acceptors (Lipinski definition) is 2. The molecule has 0 atom stereocenters. The lowest BCUT2D eigenvalue weighted by atomic mass is 10.2. The zero-order chi connectivity index (χ0) is 19.4. The van der Waals surface area contributed by atoms with E-state index >= 15 is 0 Å². The SMILES string of the molecule is Cc1ccc(Cl)cc1N=Cc1cc(Cl)c(OCc2cccc(F)c2)c(Cl)c1. The number of aliphatic imine (C=N–C) groups is 1. The van der Waals surface area contributed by atoms with Crippen LogP contribution in [0.4, 0.5) is 10.1 Å². The molecule has 0 radical (unpaired) electrons.